The lowest BCUT2D eigenvalue weighted by atomic mass is 10.3. The van der Waals surface area contributed by atoms with Gasteiger partial charge >= 0.3 is 0 Å². The van der Waals surface area contributed by atoms with Gasteiger partial charge in [0.2, 0.25) is 0 Å². The van der Waals surface area contributed by atoms with Crippen molar-refractivity contribution in [1.82, 2.24) is 4.90 Å². The van der Waals surface area contributed by atoms with Gasteiger partial charge in [-0.05, 0) is 48.6 Å². The van der Waals surface area contributed by atoms with Gasteiger partial charge in [-0.1, -0.05) is 0 Å². The van der Waals surface area contributed by atoms with Gasteiger partial charge in [-0.15, -0.1) is 11.3 Å². The van der Waals surface area contributed by atoms with Crippen molar-refractivity contribution in [1.29, 1.82) is 0 Å². The standard InChI is InChI=1S/C11H18IN3S/c1-3-15(4-2)11(13)14-8-7-9-5-6-10(12)16-9/h5-6H,3-4,7-8H2,1-2H3,(H2,13,14). The lowest BCUT2D eigenvalue weighted by molar-refractivity contribution is 0.458. The minimum absolute atomic E-state index is 0.663. The fraction of sp³-hybridized carbons (Fsp3) is 0.545. The Labute approximate surface area is 115 Å². The van der Waals surface area contributed by atoms with Gasteiger partial charge in [0.1, 0.15) is 0 Å². The molecule has 0 aliphatic heterocycles. The highest BCUT2D eigenvalue weighted by Gasteiger charge is 2.02. The number of guanidine groups is 1. The fourth-order valence-electron chi connectivity index (χ4n) is 1.41. The highest BCUT2D eigenvalue weighted by Crippen LogP contribution is 2.18. The molecule has 0 saturated heterocycles. The van der Waals surface area contributed by atoms with E-state index in [9.17, 15) is 0 Å². The van der Waals surface area contributed by atoms with Crippen molar-refractivity contribution in [2.24, 2.45) is 10.7 Å². The highest BCUT2D eigenvalue weighted by atomic mass is 127. The molecule has 3 nitrogen and oxygen atoms in total. The Morgan fingerprint density at radius 2 is 2.12 bits per heavy atom. The van der Waals surface area contributed by atoms with Crippen LogP contribution in [0.3, 0.4) is 0 Å². The molecule has 0 aliphatic carbocycles. The third-order valence-corrected chi connectivity index (χ3v) is 4.30. The first-order valence-corrected chi connectivity index (χ1v) is 7.36. The smallest absolute Gasteiger partial charge is 0.191 e. The molecule has 16 heavy (non-hydrogen) atoms. The molecular weight excluding hydrogens is 333 g/mol. The van der Waals surface area contributed by atoms with Gasteiger partial charge in [-0.2, -0.15) is 0 Å². The van der Waals surface area contributed by atoms with Crippen molar-refractivity contribution in [2.45, 2.75) is 20.3 Å². The van der Waals surface area contributed by atoms with E-state index >= 15 is 0 Å². The summed E-state index contributed by atoms with van der Waals surface area (Å²) in [4.78, 5) is 7.84. The third-order valence-electron chi connectivity index (χ3n) is 2.35. The summed E-state index contributed by atoms with van der Waals surface area (Å²) in [6.45, 7) is 6.80. The number of rotatable bonds is 5. The second kappa shape index (κ2) is 7.11. The molecule has 0 saturated carbocycles. The van der Waals surface area contributed by atoms with Crippen LogP contribution in [0.1, 0.15) is 18.7 Å². The summed E-state index contributed by atoms with van der Waals surface area (Å²) >= 11 is 4.16. The Morgan fingerprint density at radius 3 is 2.62 bits per heavy atom. The zero-order valence-electron chi connectivity index (χ0n) is 9.74. The van der Waals surface area contributed by atoms with E-state index in [0.717, 1.165) is 26.1 Å². The molecule has 1 aromatic heterocycles. The molecule has 1 aromatic rings. The van der Waals surface area contributed by atoms with E-state index in [1.165, 1.54) is 7.76 Å². The summed E-state index contributed by atoms with van der Waals surface area (Å²) in [5, 5.41) is 0. The zero-order valence-corrected chi connectivity index (χ0v) is 12.7. The highest BCUT2D eigenvalue weighted by molar-refractivity contribution is 14.1. The molecule has 90 valence electrons. The number of nitrogens with zero attached hydrogens (tertiary/aromatic N) is 2. The van der Waals surface area contributed by atoms with Gasteiger partial charge in [0.05, 0.1) is 2.88 Å². The summed E-state index contributed by atoms with van der Waals surface area (Å²) in [5.74, 6) is 0.663. The first-order valence-electron chi connectivity index (χ1n) is 5.46. The van der Waals surface area contributed by atoms with Gasteiger partial charge < -0.3 is 10.6 Å². The van der Waals surface area contributed by atoms with E-state index < -0.39 is 0 Å². The van der Waals surface area contributed by atoms with Crippen molar-refractivity contribution < 1.29 is 0 Å². The van der Waals surface area contributed by atoms with E-state index in [-0.39, 0.29) is 0 Å². The molecule has 0 fully saturated rings. The second-order valence-electron chi connectivity index (χ2n) is 3.37. The molecule has 1 rings (SSSR count). The summed E-state index contributed by atoms with van der Waals surface area (Å²) in [6, 6.07) is 4.30. The van der Waals surface area contributed by atoms with Crippen LogP contribution in [-0.4, -0.2) is 30.5 Å². The Morgan fingerprint density at radius 1 is 1.44 bits per heavy atom. The summed E-state index contributed by atoms with van der Waals surface area (Å²) in [6.07, 6.45) is 0.982. The molecule has 0 bridgehead atoms. The number of thiophene rings is 1. The minimum Gasteiger partial charge on any atom is -0.370 e. The molecule has 0 atom stereocenters. The first kappa shape index (κ1) is 13.8. The Balaban J connectivity index is 2.41. The number of hydrogen-bond donors (Lipinski definition) is 1. The number of aliphatic imine (C=N–C) groups is 1. The van der Waals surface area contributed by atoms with Crippen LogP contribution in [0.4, 0.5) is 0 Å². The van der Waals surface area contributed by atoms with Crippen LogP contribution in [0.15, 0.2) is 17.1 Å². The topological polar surface area (TPSA) is 41.6 Å². The molecule has 0 amide bonds. The quantitative estimate of drug-likeness (QED) is 0.503. The van der Waals surface area contributed by atoms with Crippen molar-refractivity contribution in [2.75, 3.05) is 19.6 Å². The van der Waals surface area contributed by atoms with Gasteiger partial charge in [0, 0.05) is 30.9 Å². The van der Waals surface area contributed by atoms with Gasteiger partial charge in [-0.25, -0.2) is 0 Å². The van der Waals surface area contributed by atoms with Crippen molar-refractivity contribution in [3.05, 3.63) is 19.9 Å². The van der Waals surface area contributed by atoms with E-state index in [4.69, 9.17) is 5.73 Å². The van der Waals surface area contributed by atoms with E-state index in [0.29, 0.717) is 5.96 Å². The summed E-state index contributed by atoms with van der Waals surface area (Å²) in [7, 11) is 0. The van der Waals surface area contributed by atoms with Crippen molar-refractivity contribution in [3.63, 3.8) is 0 Å². The van der Waals surface area contributed by atoms with Gasteiger partial charge in [0.25, 0.3) is 0 Å². The SMILES string of the molecule is CCN(CC)C(N)=NCCc1ccc(I)s1. The Kier molecular flexibility index (Phi) is 6.12. The molecular formula is C11H18IN3S. The van der Waals surface area contributed by atoms with Crippen LogP contribution in [0.5, 0.6) is 0 Å². The predicted molar refractivity (Wildman–Crippen MR) is 80.2 cm³/mol. The van der Waals surface area contributed by atoms with Crippen molar-refractivity contribution in [3.8, 4) is 0 Å². The molecule has 0 aliphatic rings. The maximum absolute atomic E-state index is 5.89. The number of nitrogens with two attached hydrogens (primary N) is 1. The zero-order chi connectivity index (χ0) is 12.0. The molecule has 1 heterocycles. The van der Waals surface area contributed by atoms with Gasteiger partial charge in [0.15, 0.2) is 5.96 Å². The monoisotopic (exact) mass is 351 g/mol. The molecule has 2 N–H and O–H groups in total. The van der Waals surface area contributed by atoms with E-state index in [1.54, 1.807) is 0 Å². The fourth-order valence-corrected chi connectivity index (χ4v) is 3.16. The number of halogens is 1. The maximum Gasteiger partial charge on any atom is 0.191 e. The Bertz CT molecular complexity index is 345. The van der Waals surface area contributed by atoms with Crippen LogP contribution >= 0.6 is 33.9 Å². The van der Waals surface area contributed by atoms with Crippen LogP contribution < -0.4 is 5.73 Å². The normalized spacial score (nSPS) is 11.8. The van der Waals surface area contributed by atoms with Crippen LogP contribution in [0, 0.1) is 2.88 Å². The van der Waals surface area contributed by atoms with Gasteiger partial charge in [-0.3, -0.25) is 4.99 Å². The predicted octanol–water partition coefficient (Wildman–Crippen LogP) is 2.55. The second-order valence-corrected chi connectivity index (χ2v) is 6.43. The van der Waals surface area contributed by atoms with E-state index in [1.807, 2.05) is 11.3 Å². The lowest BCUT2D eigenvalue weighted by Crippen LogP contribution is -2.37. The summed E-state index contributed by atoms with van der Waals surface area (Å²) < 4.78 is 1.33. The average molecular weight is 351 g/mol. The third kappa shape index (κ3) is 4.29. The average Bonchev–Trinajstić information content (AvgIpc) is 2.66. The lowest BCUT2D eigenvalue weighted by Gasteiger charge is -2.19. The van der Waals surface area contributed by atoms with Crippen LogP contribution in [0.2, 0.25) is 0 Å². The maximum atomic E-state index is 5.89. The van der Waals surface area contributed by atoms with Crippen LogP contribution in [0.25, 0.3) is 0 Å². The Hall–Kier alpha value is -0.300. The largest absolute Gasteiger partial charge is 0.370 e. The van der Waals surface area contributed by atoms with Crippen molar-refractivity contribution >= 4 is 39.9 Å². The summed E-state index contributed by atoms with van der Waals surface area (Å²) in [5.41, 5.74) is 5.89. The van der Waals surface area contributed by atoms with Crippen LogP contribution in [-0.2, 0) is 6.42 Å². The molecule has 0 aromatic carbocycles. The molecule has 0 unspecified atom stereocenters. The minimum atomic E-state index is 0.663. The molecule has 0 radical (unpaired) electrons. The number of hydrogen-bond acceptors (Lipinski definition) is 2. The molecule has 5 heteroatoms. The first-order chi connectivity index (χ1) is 7.67. The molecule has 0 spiro atoms. The van der Waals surface area contributed by atoms with E-state index in [2.05, 4.69) is 58.5 Å².